The maximum Gasteiger partial charge on any atom is 0.0980 e. The van der Waals surface area contributed by atoms with E-state index in [1.165, 1.54) is 120 Å². The molecule has 158 valence electrons. The van der Waals surface area contributed by atoms with Crippen LogP contribution in [0.25, 0.3) is 0 Å². The molecule has 0 aliphatic heterocycles. The molecule has 0 aliphatic carbocycles. The van der Waals surface area contributed by atoms with E-state index in [4.69, 9.17) is 0 Å². The first-order valence-electron chi connectivity index (χ1n) is 12.3. The molecule has 0 N–H and O–H groups in total. The van der Waals surface area contributed by atoms with Gasteiger partial charge in [0.25, 0.3) is 0 Å². The monoisotopic (exact) mass is 368 g/mol. The minimum Gasteiger partial charge on any atom is -0.324 e. The van der Waals surface area contributed by atoms with E-state index in [1.807, 2.05) is 0 Å². The van der Waals surface area contributed by atoms with Gasteiger partial charge in [0.05, 0.1) is 26.2 Å². The molecule has 1 nitrogen and oxygen atoms in total. The Labute approximate surface area is 167 Å². The van der Waals surface area contributed by atoms with Crippen LogP contribution in [0.1, 0.15) is 137 Å². The van der Waals surface area contributed by atoms with Crippen LogP contribution in [-0.4, -0.2) is 30.7 Å². The highest BCUT2D eigenvalue weighted by Gasteiger charge is 2.40. The molecule has 0 radical (unpaired) electrons. The van der Waals surface area contributed by atoms with E-state index in [0.717, 1.165) is 0 Å². The minimum atomic E-state index is 0.497. The van der Waals surface area contributed by atoms with Crippen molar-refractivity contribution in [3.8, 4) is 0 Å². The van der Waals surface area contributed by atoms with Crippen LogP contribution in [0.2, 0.25) is 0 Å². The molecule has 26 heavy (non-hydrogen) atoms. The van der Waals surface area contributed by atoms with Gasteiger partial charge in [-0.2, -0.15) is 0 Å². The van der Waals surface area contributed by atoms with Crippen molar-refractivity contribution in [2.45, 2.75) is 142 Å². The average molecular weight is 369 g/mol. The molecule has 0 spiro atoms. The number of rotatable bonds is 19. The molecule has 0 rings (SSSR count). The van der Waals surface area contributed by atoms with Gasteiger partial charge in [0.1, 0.15) is 0 Å². The maximum atomic E-state index is 2.47. The zero-order chi connectivity index (χ0) is 19.7. The van der Waals surface area contributed by atoms with Gasteiger partial charge in [-0.05, 0) is 32.1 Å². The quantitative estimate of drug-likeness (QED) is 0.158. The van der Waals surface area contributed by atoms with Crippen LogP contribution in [-0.2, 0) is 0 Å². The molecule has 0 aliphatic rings. The van der Waals surface area contributed by atoms with E-state index in [9.17, 15) is 0 Å². The van der Waals surface area contributed by atoms with Gasteiger partial charge in [-0.25, -0.2) is 0 Å². The van der Waals surface area contributed by atoms with Crippen LogP contribution < -0.4 is 0 Å². The molecule has 0 bridgehead atoms. The van der Waals surface area contributed by atoms with E-state index < -0.39 is 0 Å². The maximum absolute atomic E-state index is 2.47. The highest BCUT2D eigenvalue weighted by Crippen LogP contribution is 2.32. The van der Waals surface area contributed by atoms with Crippen LogP contribution in [0.15, 0.2) is 0 Å². The summed E-state index contributed by atoms with van der Waals surface area (Å²) in [4.78, 5) is 0. The summed E-state index contributed by atoms with van der Waals surface area (Å²) in [5, 5.41) is 0. The fraction of sp³-hybridized carbons (Fsp3) is 1.00. The lowest BCUT2D eigenvalue weighted by Crippen LogP contribution is -2.59. The zero-order valence-corrected chi connectivity index (χ0v) is 19.7. The fourth-order valence-corrected chi connectivity index (χ4v) is 4.97. The lowest BCUT2D eigenvalue weighted by Gasteiger charge is -2.48. The third-order valence-electron chi connectivity index (χ3n) is 7.33. The third kappa shape index (κ3) is 10.3. The van der Waals surface area contributed by atoms with Crippen molar-refractivity contribution in [2.24, 2.45) is 0 Å². The van der Waals surface area contributed by atoms with Crippen molar-refractivity contribution < 1.29 is 4.48 Å². The zero-order valence-electron chi connectivity index (χ0n) is 19.7. The Kier molecular flexibility index (Phi) is 15.9. The van der Waals surface area contributed by atoms with Gasteiger partial charge in [0, 0.05) is 0 Å². The number of nitrogens with zero attached hydrogens (tertiary/aromatic N) is 1. The van der Waals surface area contributed by atoms with Crippen molar-refractivity contribution in [1.82, 2.24) is 0 Å². The number of hydrogen-bond donors (Lipinski definition) is 0. The third-order valence-corrected chi connectivity index (χ3v) is 7.33. The topological polar surface area (TPSA) is 0 Å². The summed E-state index contributed by atoms with van der Waals surface area (Å²) in [7, 11) is 4.94. The largest absolute Gasteiger partial charge is 0.324 e. The van der Waals surface area contributed by atoms with Gasteiger partial charge in [0.15, 0.2) is 0 Å². The summed E-state index contributed by atoms with van der Waals surface area (Å²) < 4.78 is 1.22. The summed E-state index contributed by atoms with van der Waals surface area (Å²) >= 11 is 0. The highest BCUT2D eigenvalue weighted by molar-refractivity contribution is 4.76. The average Bonchev–Trinajstić information content (AvgIpc) is 2.63. The number of quaternary nitrogens is 1. The molecule has 0 amide bonds. The van der Waals surface area contributed by atoms with E-state index in [1.54, 1.807) is 0 Å². The van der Waals surface area contributed by atoms with E-state index in [2.05, 4.69) is 41.8 Å². The van der Waals surface area contributed by atoms with Crippen LogP contribution in [0.5, 0.6) is 0 Å². The van der Waals surface area contributed by atoms with Crippen molar-refractivity contribution in [2.75, 3.05) is 20.6 Å². The summed E-state index contributed by atoms with van der Waals surface area (Å²) in [5.41, 5.74) is 0.497. The van der Waals surface area contributed by atoms with Gasteiger partial charge >= 0.3 is 0 Å². The van der Waals surface area contributed by atoms with Crippen LogP contribution in [0, 0.1) is 0 Å². The first-order chi connectivity index (χ1) is 12.5. The molecule has 0 aromatic heterocycles. The van der Waals surface area contributed by atoms with Gasteiger partial charge < -0.3 is 4.48 Å². The molecule has 0 unspecified atom stereocenters. The van der Waals surface area contributed by atoms with E-state index >= 15 is 0 Å². The Balaban J connectivity index is 3.56. The molecule has 0 fully saturated rings. The molecule has 0 atom stereocenters. The summed E-state index contributed by atoms with van der Waals surface area (Å²) in [5.74, 6) is 0. The normalized spacial score (nSPS) is 12.7. The predicted molar refractivity (Wildman–Crippen MR) is 121 cm³/mol. The van der Waals surface area contributed by atoms with Gasteiger partial charge in [-0.1, -0.05) is 105 Å². The van der Waals surface area contributed by atoms with Crippen LogP contribution >= 0.6 is 0 Å². The molecule has 1 heteroatoms. The first kappa shape index (κ1) is 26.0. The second kappa shape index (κ2) is 16.0. The van der Waals surface area contributed by atoms with Crippen molar-refractivity contribution >= 4 is 0 Å². The molecule has 0 saturated carbocycles. The van der Waals surface area contributed by atoms with Crippen LogP contribution in [0.4, 0.5) is 0 Å². The molecule has 0 aromatic rings. The summed E-state index contributed by atoms with van der Waals surface area (Å²) in [6.45, 7) is 10.8. The molecule has 0 heterocycles. The summed E-state index contributed by atoms with van der Waals surface area (Å²) in [6.07, 6.45) is 24.3. The fourth-order valence-electron chi connectivity index (χ4n) is 4.97. The van der Waals surface area contributed by atoms with Crippen molar-refractivity contribution in [1.29, 1.82) is 0 Å². The predicted octanol–water partition coefficient (Wildman–Crippen LogP) is 8.51. The Bertz CT molecular complexity index is 282. The second-order valence-corrected chi connectivity index (χ2v) is 9.29. The minimum absolute atomic E-state index is 0.497. The Hall–Kier alpha value is -0.0400. The molecular weight excluding hydrogens is 314 g/mol. The van der Waals surface area contributed by atoms with E-state index in [-0.39, 0.29) is 0 Å². The van der Waals surface area contributed by atoms with Crippen molar-refractivity contribution in [3.63, 3.8) is 0 Å². The van der Waals surface area contributed by atoms with E-state index in [0.29, 0.717) is 5.54 Å². The summed E-state index contributed by atoms with van der Waals surface area (Å²) in [6, 6.07) is 0. The molecule has 0 aromatic carbocycles. The number of hydrogen-bond acceptors (Lipinski definition) is 0. The Morgan fingerprint density at radius 1 is 0.462 bits per heavy atom. The Morgan fingerprint density at radius 3 is 1.08 bits per heavy atom. The van der Waals surface area contributed by atoms with Crippen molar-refractivity contribution in [3.05, 3.63) is 0 Å². The standard InChI is InChI=1S/C25H54N/c1-7-11-12-13-14-15-16-17-18-19-20-21-22-23-24-26(5,6)25(8-2,9-3)10-4/h7-24H2,1-6H3/q+1. The smallest absolute Gasteiger partial charge is 0.0980 e. The van der Waals surface area contributed by atoms with Gasteiger partial charge in [-0.15, -0.1) is 0 Å². The Morgan fingerprint density at radius 2 is 0.769 bits per heavy atom. The second-order valence-electron chi connectivity index (χ2n) is 9.29. The molecular formula is C25H54N+. The van der Waals surface area contributed by atoms with Crippen LogP contribution in [0.3, 0.4) is 0 Å². The van der Waals surface area contributed by atoms with Gasteiger partial charge in [0.2, 0.25) is 0 Å². The highest BCUT2D eigenvalue weighted by atomic mass is 15.4. The lowest BCUT2D eigenvalue weighted by molar-refractivity contribution is -0.943. The number of unbranched alkanes of at least 4 members (excludes halogenated alkanes) is 13. The SMILES string of the molecule is CCCCCCCCCCCCCCCC[N+](C)(C)C(CC)(CC)CC. The lowest BCUT2D eigenvalue weighted by atomic mass is 9.85. The van der Waals surface area contributed by atoms with Gasteiger partial charge in [-0.3, -0.25) is 0 Å². The molecule has 0 saturated heterocycles. The first-order valence-corrected chi connectivity index (χ1v) is 12.3.